The van der Waals surface area contributed by atoms with Crippen molar-refractivity contribution in [2.75, 3.05) is 24.2 Å². The molecule has 2 N–H and O–H groups in total. The fraction of sp³-hybridized carbons (Fsp3) is 0.171. The van der Waals surface area contributed by atoms with Crippen LogP contribution in [0.3, 0.4) is 0 Å². The van der Waals surface area contributed by atoms with Crippen molar-refractivity contribution in [1.82, 2.24) is 14.9 Å². The van der Waals surface area contributed by atoms with Crippen LogP contribution in [0.4, 0.5) is 21.6 Å². The second-order valence-electron chi connectivity index (χ2n) is 10.7. The number of anilines is 3. The van der Waals surface area contributed by atoms with Crippen LogP contribution in [0.25, 0.3) is 22.0 Å². The standard InChI is InChI=1S/C35H31ClFN5O2/c1-42-18-6-11-27(42)13-17-32(43)41-30-15-14-29-34(33(30)24-8-3-2-4-9-24)35(39-22-38-29)40-26-12-16-31(28(36)20-26)44-21-23-7-5-10-25(37)19-23/h2-5,7-10,12-17,19-20,22,27H,6,11,18,21H2,1H3,(H,41,43)(H,38,39,40)/b17-13+. The summed E-state index contributed by atoms with van der Waals surface area (Å²) >= 11 is 6.58. The number of rotatable bonds is 9. The number of hydrogen-bond donors (Lipinski definition) is 2. The van der Waals surface area contributed by atoms with Gasteiger partial charge >= 0.3 is 0 Å². The van der Waals surface area contributed by atoms with Gasteiger partial charge in [-0.1, -0.05) is 60.1 Å². The Morgan fingerprint density at radius 2 is 1.93 bits per heavy atom. The van der Waals surface area contributed by atoms with Crippen molar-refractivity contribution in [1.29, 1.82) is 0 Å². The molecule has 1 atom stereocenters. The summed E-state index contributed by atoms with van der Waals surface area (Å²) in [5.41, 5.74) is 4.45. The van der Waals surface area contributed by atoms with Crippen molar-refractivity contribution in [3.8, 4) is 16.9 Å². The Hall–Kier alpha value is -4.79. The second kappa shape index (κ2) is 13.2. The number of benzene rings is 4. The van der Waals surface area contributed by atoms with Gasteiger partial charge in [-0.15, -0.1) is 0 Å². The zero-order valence-corrected chi connectivity index (χ0v) is 24.9. The molecule has 0 radical (unpaired) electrons. The molecule has 0 spiro atoms. The van der Waals surface area contributed by atoms with Crippen LogP contribution >= 0.6 is 11.6 Å². The Balaban J connectivity index is 1.30. The number of fused-ring (bicyclic) bond motifs is 1. The maximum Gasteiger partial charge on any atom is 0.248 e. The first-order chi connectivity index (χ1) is 21.4. The molecule has 7 nitrogen and oxygen atoms in total. The third-order valence-corrected chi connectivity index (χ3v) is 7.94. The summed E-state index contributed by atoms with van der Waals surface area (Å²) < 4.78 is 19.4. The first-order valence-corrected chi connectivity index (χ1v) is 14.8. The molecule has 1 saturated heterocycles. The lowest BCUT2D eigenvalue weighted by atomic mass is 9.98. The number of likely N-dealkylation sites (tertiary alicyclic amines) is 1. The van der Waals surface area contributed by atoms with Crippen LogP contribution in [0.5, 0.6) is 5.75 Å². The van der Waals surface area contributed by atoms with Gasteiger partial charge in [0.1, 0.15) is 30.3 Å². The Labute approximate surface area is 260 Å². The van der Waals surface area contributed by atoms with E-state index in [-0.39, 0.29) is 24.4 Å². The number of nitrogens with zero attached hydrogens (tertiary/aromatic N) is 3. The van der Waals surface area contributed by atoms with Gasteiger partial charge in [-0.2, -0.15) is 0 Å². The molecule has 1 fully saturated rings. The molecule has 1 amide bonds. The molecule has 5 aromatic rings. The number of hydrogen-bond acceptors (Lipinski definition) is 6. The predicted molar refractivity (Wildman–Crippen MR) is 174 cm³/mol. The molecule has 6 rings (SSSR count). The molecule has 4 aromatic carbocycles. The van der Waals surface area contributed by atoms with Crippen LogP contribution < -0.4 is 15.4 Å². The minimum Gasteiger partial charge on any atom is -0.487 e. The molecule has 44 heavy (non-hydrogen) atoms. The average Bonchev–Trinajstić information content (AvgIpc) is 3.44. The fourth-order valence-corrected chi connectivity index (χ4v) is 5.66. The van der Waals surface area contributed by atoms with E-state index in [1.54, 1.807) is 30.3 Å². The number of carbonyl (C=O) groups excluding carboxylic acids is 1. The molecule has 222 valence electrons. The highest BCUT2D eigenvalue weighted by molar-refractivity contribution is 6.32. The molecule has 0 bridgehead atoms. The first kappa shape index (κ1) is 29.3. The molecule has 0 saturated carbocycles. The molecule has 1 unspecified atom stereocenters. The van der Waals surface area contributed by atoms with Crippen molar-refractivity contribution >= 4 is 45.6 Å². The Morgan fingerprint density at radius 3 is 2.70 bits per heavy atom. The van der Waals surface area contributed by atoms with Crippen LogP contribution in [0.1, 0.15) is 18.4 Å². The SMILES string of the molecule is CN1CCCC1/C=C/C(=O)Nc1ccc2ncnc(Nc3ccc(OCc4cccc(F)c4)c(Cl)c3)c2c1-c1ccccc1. The van der Waals surface area contributed by atoms with Crippen LogP contribution in [-0.2, 0) is 11.4 Å². The molecule has 0 aliphatic carbocycles. The summed E-state index contributed by atoms with van der Waals surface area (Å²) in [6, 6.07) is 25.4. The Kier molecular flexibility index (Phi) is 8.81. The molecule has 1 aliphatic rings. The zero-order chi connectivity index (χ0) is 30.5. The minimum absolute atomic E-state index is 0.183. The summed E-state index contributed by atoms with van der Waals surface area (Å²) in [6.07, 6.45) is 7.25. The van der Waals surface area contributed by atoms with Crippen molar-refractivity contribution in [2.45, 2.75) is 25.5 Å². The highest BCUT2D eigenvalue weighted by Gasteiger charge is 2.19. The van der Waals surface area contributed by atoms with Gasteiger partial charge in [-0.25, -0.2) is 14.4 Å². The summed E-state index contributed by atoms with van der Waals surface area (Å²) in [4.78, 5) is 24.4. The number of likely N-dealkylation sites (N-methyl/N-ethyl adjacent to an activating group) is 1. The Bertz CT molecular complexity index is 1830. The van der Waals surface area contributed by atoms with E-state index in [0.717, 1.165) is 35.9 Å². The maximum absolute atomic E-state index is 13.5. The maximum atomic E-state index is 13.5. The zero-order valence-electron chi connectivity index (χ0n) is 24.1. The van der Waals surface area contributed by atoms with Crippen molar-refractivity contribution in [3.05, 3.63) is 120 Å². The van der Waals surface area contributed by atoms with E-state index >= 15 is 0 Å². The van der Waals surface area contributed by atoms with Gasteiger partial charge in [0.2, 0.25) is 5.91 Å². The van der Waals surface area contributed by atoms with Crippen LogP contribution in [0.15, 0.2) is 103 Å². The number of nitrogens with one attached hydrogen (secondary N) is 2. The predicted octanol–water partition coefficient (Wildman–Crippen LogP) is 8.00. The molecule has 1 aromatic heterocycles. The van der Waals surface area contributed by atoms with Crippen molar-refractivity contribution in [3.63, 3.8) is 0 Å². The summed E-state index contributed by atoms with van der Waals surface area (Å²) in [5.74, 6) is 0.506. The van der Waals surface area contributed by atoms with Crippen LogP contribution in [-0.4, -0.2) is 40.4 Å². The topological polar surface area (TPSA) is 79.4 Å². The minimum atomic E-state index is -0.320. The van der Waals surface area contributed by atoms with E-state index in [0.29, 0.717) is 39.0 Å². The number of carbonyl (C=O) groups is 1. The van der Waals surface area contributed by atoms with Gasteiger partial charge in [-0.3, -0.25) is 9.69 Å². The largest absolute Gasteiger partial charge is 0.487 e. The monoisotopic (exact) mass is 607 g/mol. The number of ether oxygens (including phenoxy) is 1. The van der Waals surface area contributed by atoms with Gasteiger partial charge < -0.3 is 15.4 Å². The highest BCUT2D eigenvalue weighted by atomic mass is 35.5. The van der Waals surface area contributed by atoms with Crippen LogP contribution in [0.2, 0.25) is 5.02 Å². The molecule has 9 heteroatoms. The molecule has 2 heterocycles. The van der Waals surface area contributed by atoms with Gasteiger partial charge in [-0.05, 0) is 80.0 Å². The molecular weight excluding hydrogens is 577 g/mol. The molecule has 1 aliphatic heterocycles. The lowest BCUT2D eigenvalue weighted by molar-refractivity contribution is -0.111. The lowest BCUT2D eigenvalue weighted by Gasteiger charge is -2.17. The van der Waals surface area contributed by atoms with E-state index in [4.69, 9.17) is 16.3 Å². The number of aromatic nitrogens is 2. The van der Waals surface area contributed by atoms with E-state index in [1.165, 1.54) is 18.5 Å². The van der Waals surface area contributed by atoms with E-state index in [9.17, 15) is 9.18 Å². The first-order valence-electron chi connectivity index (χ1n) is 14.4. The number of halogens is 2. The summed E-state index contributed by atoms with van der Waals surface area (Å²) in [5, 5.41) is 7.61. The highest BCUT2D eigenvalue weighted by Crippen LogP contribution is 2.39. The van der Waals surface area contributed by atoms with E-state index < -0.39 is 0 Å². The van der Waals surface area contributed by atoms with Gasteiger partial charge in [0, 0.05) is 29.1 Å². The second-order valence-corrected chi connectivity index (χ2v) is 11.1. The fourth-order valence-electron chi connectivity index (χ4n) is 5.43. The quantitative estimate of drug-likeness (QED) is 0.165. The smallest absolute Gasteiger partial charge is 0.248 e. The van der Waals surface area contributed by atoms with Crippen molar-refractivity contribution < 1.29 is 13.9 Å². The molecular formula is C35H31ClFN5O2. The normalized spacial score (nSPS) is 15.1. The summed E-state index contributed by atoms with van der Waals surface area (Å²) in [6.45, 7) is 1.22. The third kappa shape index (κ3) is 6.72. The third-order valence-electron chi connectivity index (χ3n) is 7.65. The lowest BCUT2D eigenvalue weighted by Crippen LogP contribution is -2.23. The average molecular weight is 608 g/mol. The van der Waals surface area contributed by atoms with Gasteiger partial charge in [0.15, 0.2) is 0 Å². The van der Waals surface area contributed by atoms with Crippen LogP contribution in [0, 0.1) is 5.82 Å². The summed E-state index contributed by atoms with van der Waals surface area (Å²) in [7, 11) is 2.08. The van der Waals surface area contributed by atoms with Gasteiger partial charge in [0.25, 0.3) is 0 Å². The Morgan fingerprint density at radius 1 is 1.07 bits per heavy atom. The van der Waals surface area contributed by atoms with Crippen molar-refractivity contribution in [2.24, 2.45) is 0 Å². The van der Waals surface area contributed by atoms with E-state index in [2.05, 4.69) is 32.5 Å². The van der Waals surface area contributed by atoms with Gasteiger partial charge in [0.05, 0.1) is 15.9 Å². The van der Waals surface area contributed by atoms with E-state index in [1.807, 2.05) is 54.6 Å². The number of amides is 1.